The minimum absolute atomic E-state index is 0.0656. The second-order valence-electron chi connectivity index (χ2n) is 3.74. The molecule has 0 spiro atoms. The van der Waals surface area contributed by atoms with Crippen molar-refractivity contribution in [2.45, 2.75) is 38.2 Å². The molecule has 1 heterocycles. The fourth-order valence-electron chi connectivity index (χ4n) is 1.32. The molecule has 0 saturated heterocycles. The summed E-state index contributed by atoms with van der Waals surface area (Å²) < 4.78 is 5.09. The molecule has 1 aromatic rings. The lowest BCUT2D eigenvalue weighted by Gasteiger charge is -2.04. The molecule has 94 valence electrons. The van der Waals surface area contributed by atoms with Gasteiger partial charge in [0.05, 0.1) is 5.38 Å². The molecule has 0 aliphatic carbocycles. The molecule has 0 aromatic carbocycles. The highest BCUT2D eigenvalue weighted by atomic mass is 35.5. The van der Waals surface area contributed by atoms with Crippen LogP contribution in [0.25, 0.3) is 5.57 Å². The van der Waals surface area contributed by atoms with Crippen LogP contribution in [-0.2, 0) is 0 Å². The van der Waals surface area contributed by atoms with Gasteiger partial charge in [-0.2, -0.15) is 4.98 Å². The first-order valence-corrected chi connectivity index (χ1v) is 5.96. The fourth-order valence-corrected chi connectivity index (χ4v) is 1.43. The van der Waals surface area contributed by atoms with Gasteiger partial charge in [0.15, 0.2) is 5.82 Å². The van der Waals surface area contributed by atoms with Crippen LogP contribution in [0.5, 0.6) is 0 Å². The maximum atomic E-state index is 9.31. The molecule has 1 aromatic heterocycles. The number of halogens is 1. The third-order valence-corrected chi connectivity index (χ3v) is 2.78. The summed E-state index contributed by atoms with van der Waals surface area (Å²) in [5.41, 5.74) is 0.928. The Labute approximate surface area is 106 Å². The highest BCUT2D eigenvalue weighted by Gasteiger charge is 2.14. The average Bonchev–Trinajstić information content (AvgIpc) is 2.79. The zero-order chi connectivity index (χ0) is 12.8. The van der Waals surface area contributed by atoms with E-state index in [1.807, 2.05) is 13.0 Å². The van der Waals surface area contributed by atoms with Crippen molar-refractivity contribution in [1.29, 1.82) is 0 Å². The summed E-state index contributed by atoms with van der Waals surface area (Å²) in [6.45, 7) is 7.12. The van der Waals surface area contributed by atoms with Crippen molar-refractivity contribution < 1.29 is 9.63 Å². The van der Waals surface area contributed by atoms with Gasteiger partial charge in [-0.15, -0.1) is 18.2 Å². The molecule has 17 heavy (non-hydrogen) atoms. The van der Waals surface area contributed by atoms with Gasteiger partial charge in [0, 0.05) is 5.57 Å². The molecular weight excluding hydrogens is 240 g/mol. The molecule has 1 N–H and O–H groups in total. The Morgan fingerprint density at radius 3 is 2.82 bits per heavy atom. The first-order chi connectivity index (χ1) is 8.08. The van der Waals surface area contributed by atoms with Crippen LogP contribution in [0.4, 0.5) is 0 Å². The van der Waals surface area contributed by atoms with Gasteiger partial charge in [0.1, 0.15) is 6.10 Å². The SMILES string of the molecule is C=CC(Cl)CC/C(=C\C)c1nc(C(C)O)no1. The summed E-state index contributed by atoms with van der Waals surface area (Å²) >= 11 is 5.96. The van der Waals surface area contributed by atoms with Gasteiger partial charge in [-0.3, -0.25) is 0 Å². The number of allylic oxidation sites excluding steroid dienone is 3. The summed E-state index contributed by atoms with van der Waals surface area (Å²) in [6, 6.07) is 0. The molecule has 5 heteroatoms. The van der Waals surface area contributed by atoms with Gasteiger partial charge in [0.2, 0.25) is 0 Å². The van der Waals surface area contributed by atoms with E-state index in [2.05, 4.69) is 16.7 Å². The lowest BCUT2D eigenvalue weighted by atomic mass is 10.1. The third kappa shape index (κ3) is 3.98. The minimum atomic E-state index is -0.723. The molecule has 1 rings (SSSR count). The highest BCUT2D eigenvalue weighted by molar-refractivity contribution is 6.21. The second-order valence-corrected chi connectivity index (χ2v) is 4.30. The second kappa shape index (κ2) is 6.57. The maximum absolute atomic E-state index is 9.31. The van der Waals surface area contributed by atoms with E-state index < -0.39 is 6.10 Å². The normalized spacial score (nSPS) is 15.6. The van der Waals surface area contributed by atoms with Gasteiger partial charge in [0.25, 0.3) is 5.89 Å². The van der Waals surface area contributed by atoms with E-state index in [1.165, 1.54) is 0 Å². The molecule has 2 unspecified atom stereocenters. The standard InChI is InChI=1S/C12H17ClN2O2/c1-4-9(6-7-10(13)5-2)12-14-11(8(3)16)15-17-12/h4-5,8,10,16H,2,6-7H2,1,3H3/b9-4+. The first-order valence-electron chi connectivity index (χ1n) is 5.52. The molecule has 0 bridgehead atoms. The number of hydrogen-bond donors (Lipinski definition) is 1. The number of aromatic nitrogens is 2. The predicted octanol–water partition coefficient (Wildman–Crippen LogP) is 3.10. The van der Waals surface area contributed by atoms with Crippen molar-refractivity contribution >= 4 is 17.2 Å². The molecule has 4 nitrogen and oxygen atoms in total. The monoisotopic (exact) mass is 256 g/mol. The van der Waals surface area contributed by atoms with E-state index in [-0.39, 0.29) is 5.38 Å². The van der Waals surface area contributed by atoms with Crippen molar-refractivity contribution in [1.82, 2.24) is 10.1 Å². The lowest BCUT2D eigenvalue weighted by Crippen LogP contribution is -1.96. The Morgan fingerprint density at radius 1 is 1.65 bits per heavy atom. The summed E-state index contributed by atoms with van der Waals surface area (Å²) in [7, 11) is 0. The smallest absolute Gasteiger partial charge is 0.253 e. The maximum Gasteiger partial charge on any atom is 0.253 e. The largest absolute Gasteiger partial charge is 0.385 e. The fraction of sp³-hybridized carbons (Fsp3) is 0.500. The topological polar surface area (TPSA) is 59.2 Å². The zero-order valence-electron chi connectivity index (χ0n) is 10.1. The van der Waals surface area contributed by atoms with Crippen molar-refractivity contribution in [3.63, 3.8) is 0 Å². The van der Waals surface area contributed by atoms with Crippen molar-refractivity contribution in [2.75, 3.05) is 0 Å². The zero-order valence-corrected chi connectivity index (χ0v) is 10.8. The summed E-state index contributed by atoms with van der Waals surface area (Å²) in [5, 5.41) is 12.9. The Morgan fingerprint density at radius 2 is 2.35 bits per heavy atom. The Kier molecular flexibility index (Phi) is 5.38. The van der Waals surface area contributed by atoms with Gasteiger partial charge in [-0.05, 0) is 26.7 Å². The van der Waals surface area contributed by atoms with Gasteiger partial charge in [-0.1, -0.05) is 17.3 Å². The minimum Gasteiger partial charge on any atom is -0.385 e. The molecule has 0 aliphatic heterocycles. The quantitative estimate of drug-likeness (QED) is 0.628. The summed E-state index contributed by atoms with van der Waals surface area (Å²) in [5.74, 6) is 0.738. The van der Waals surface area contributed by atoms with Gasteiger partial charge >= 0.3 is 0 Å². The van der Waals surface area contributed by atoms with E-state index in [1.54, 1.807) is 13.0 Å². The highest BCUT2D eigenvalue weighted by Crippen LogP contribution is 2.22. The van der Waals surface area contributed by atoms with E-state index in [0.717, 1.165) is 18.4 Å². The molecule has 0 fully saturated rings. The summed E-state index contributed by atoms with van der Waals surface area (Å²) in [6.07, 6.45) is 4.38. The number of hydrogen-bond acceptors (Lipinski definition) is 4. The van der Waals surface area contributed by atoms with Crippen LogP contribution < -0.4 is 0 Å². The average molecular weight is 257 g/mol. The van der Waals surface area contributed by atoms with Crippen LogP contribution >= 0.6 is 11.6 Å². The number of rotatable bonds is 6. The molecule has 0 amide bonds. The molecule has 0 radical (unpaired) electrons. The van der Waals surface area contributed by atoms with Crippen LogP contribution in [0.3, 0.4) is 0 Å². The van der Waals surface area contributed by atoms with Gasteiger partial charge in [-0.25, -0.2) is 0 Å². The third-order valence-electron chi connectivity index (χ3n) is 2.38. The first kappa shape index (κ1) is 13.9. The van der Waals surface area contributed by atoms with Crippen LogP contribution in [0.1, 0.15) is 44.5 Å². The summed E-state index contributed by atoms with van der Waals surface area (Å²) in [4.78, 5) is 4.12. The van der Waals surface area contributed by atoms with E-state index in [0.29, 0.717) is 11.7 Å². The molecule has 0 saturated carbocycles. The Hall–Kier alpha value is -1.13. The molecular formula is C12H17ClN2O2. The van der Waals surface area contributed by atoms with Crippen LogP contribution in [0, 0.1) is 0 Å². The van der Waals surface area contributed by atoms with E-state index in [9.17, 15) is 5.11 Å². The van der Waals surface area contributed by atoms with E-state index in [4.69, 9.17) is 16.1 Å². The molecule has 0 aliphatic rings. The van der Waals surface area contributed by atoms with Crippen LogP contribution in [0.2, 0.25) is 0 Å². The molecule has 2 atom stereocenters. The van der Waals surface area contributed by atoms with Crippen LogP contribution in [-0.4, -0.2) is 20.6 Å². The number of alkyl halides is 1. The van der Waals surface area contributed by atoms with E-state index >= 15 is 0 Å². The van der Waals surface area contributed by atoms with Gasteiger partial charge < -0.3 is 9.63 Å². The number of aliphatic hydroxyl groups excluding tert-OH is 1. The van der Waals surface area contributed by atoms with Crippen molar-refractivity contribution in [3.8, 4) is 0 Å². The number of aliphatic hydroxyl groups is 1. The van der Waals surface area contributed by atoms with Crippen LogP contribution in [0.15, 0.2) is 23.3 Å². The predicted molar refractivity (Wildman–Crippen MR) is 67.7 cm³/mol. The Balaban J connectivity index is 2.70. The van der Waals surface area contributed by atoms with Crippen molar-refractivity contribution in [2.24, 2.45) is 0 Å². The Bertz CT molecular complexity index is 399. The number of nitrogens with zero attached hydrogens (tertiary/aromatic N) is 2. The van der Waals surface area contributed by atoms with Crippen molar-refractivity contribution in [3.05, 3.63) is 30.4 Å². The lowest BCUT2D eigenvalue weighted by molar-refractivity contribution is 0.184.